The summed E-state index contributed by atoms with van der Waals surface area (Å²) in [6.07, 6.45) is 20.3. The Kier molecular flexibility index (Phi) is 16.1. The Bertz CT molecular complexity index is 1480. The number of aromatic nitrogens is 1. The van der Waals surface area contributed by atoms with Crippen LogP contribution in [0.3, 0.4) is 0 Å². The molecule has 0 aliphatic rings. The number of halogens is 1. The van der Waals surface area contributed by atoms with Crippen molar-refractivity contribution in [2.24, 2.45) is 0 Å². The molecule has 3 aromatic carbocycles. The number of fused-ring (bicyclic) bond motifs is 1. The predicted octanol–water partition coefficient (Wildman–Crippen LogP) is 11.8. The number of aromatic amines is 1. The Balaban J connectivity index is 1.28. The van der Waals surface area contributed by atoms with Gasteiger partial charge in [0, 0.05) is 46.4 Å². The van der Waals surface area contributed by atoms with Crippen LogP contribution in [0.1, 0.15) is 113 Å². The van der Waals surface area contributed by atoms with Gasteiger partial charge in [-0.2, -0.15) is 0 Å². The molecule has 1 aromatic heterocycles. The second-order valence-corrected chi connectivity index (χ2v) is 13.0. The molecule has 5 nitrogen and oxygen atoms in total. The average molecular weight is 659 g/mol. The van der Waals surface area contributed by atoms with Crippen molar-refractivity contribution in [3.8, 4) is 11.5 Å². The maximum atomic E-state index is 6.24. The number of H-pyrrole nitrogens is 1. The van der Waals surface area contributed by atoms with Gasteiger partial charge in [0.1, 0.15) is 17.3 Å². The molecule has 2 N–H and O–H groups in total. The van der Waals surface area contributed by atoms with Crippen LogP contribution in [0.25, 0.3) is 10.9 Å². The van der Waals surface area contributed by atoms with E-state index in [0.29, 0.717) is 6.61 Å². The van der Waals surface area contributed by atoms with Gasteiger partial charge in [-0.15, -0.1) is 0 Å². The summed E-state index contributed by atoms with van der Waals surface area (Å²) < 4.78 is 12.1. The first-order valence-electron chi connectivity index (χ1n) is 17.8. The number of methoxy groups -OCH3 is 1. The number of nitrogens with one attached hydrogen (secondary N) is 2. The number of benzene rings is 3. The number of hydrogen-bond acceptors (Lipinski definition) is 4. The topological polar surface area (TPSA) is 55.5 Å². The summed E-state index contributed by atoms with van der Waals surface area (Å²) in [5.74, 6) is 2.62. The number of para-hydroxylation sites is 1. The lowest BCUT2D eigenvalue weighted by molar-refractivity contribution is 0.0713. The normalized spacial score (nSPS) is 11.7. The first kappa shape index (κ1) is 36.4. The largest absolute Gasteiger partial charge is 0.496 e. The van der Waals surface area contributed by atoms with E-state index in [2.05, 4.69) is 42.5 Å². The highest BCUT2D eigenvalue weighted by atomic mass is 35.5. The molecule has 0 aliphatic carbocycles. The molecule has 4 aromatic rings. The van der Waals surface area contributed by atoms with Gasteiger partial charge in [0.2, 0.25) is 0 Å². The SMILES string of the molecule is CCCCCCCCCCCCCCC(=CNOCCc1c(C)[nH]c2ccc(OC)c(Cc3ccc(Cl)cc3)c12)Oc1ccccc1. The molecule has 47 heavy (non-hydrogen) atoms. The predicted molar refractivity (Wildman–Crippen MR) is 197 cm³/mol. The van der Waals surface area contributed by atoms with Crippen LogP contribution in [0.4, 0.5) is 0 Å². The van der Waals surface area contributed by atoms with Crippen molar-refractivity contribution >= 4 is 22.5 Å². The van der Waals surface area contributed by atoms with Crippen LogP contribution in [0.2, 0.25) is 5.02 Å². The number of allylic oxidation sites excluding steroid dienone is 1. The molecule has 0 amide bonds. The van der Waals surface area contributed by atoms with E-state index in [-0.39, 0.29) is 0 Å². The fraction of sp³-hybridized carbons (Fsp3) is 0.463. The van der Waals surface area contributed by atoms with Crippen LogP contribution < -0.4 is 15.0 Å². The molecule has 0 bridgehead atoms. The smallest absolute Gasteiger partial charge is 0.127 e. The van der Waals surface area contributed by atoms with E-state index in [4.69, 9.17) is 25.9 Å². The number of hydrogen-bond donors (Lipinski definition) is 2. The fourth-order valence-corrected chi connectivity index (χ4v) is 6.41. The third-order valence-corrected chi connectivity index (χ3v) is 9.14. The number of aryl methyl sites for hydroxylation is 1. The standard InChI is InChI=1S/C41H55ClN2O3/c1-4-5-6-7-8-9-10-11-12-13-14-16-21-36(47-35-19-17-15-18-20-35)31-43-46-29-28-37-32(2)44-39-26-27-40(45-3)38(41(37)39)30-33-22-24-34(42)25-23-33/h15,17-20,22-27,31,43-44H,4-14,16,21,28-30H2,1-3H3. The molecule has 6 heteroatoms. The van der Waals surface area contributed by atoms with Crippen molar-refractivity contribution in [3.05, 3.63) is 106 Å². The van der Waals surface area contributed by atoms with Crippen molar-refractivity contribution < 1.29 is 14.3 Å². The molecule has 0 atom stereocenters. The van der Waals surface area contributed by atoms with Crippen LogP contribution in [-0.2, 0) is 17.7 Å². The van der Waals surface area contributed by atoms with Gasteiger partial charge in [-0.3, -0.25) is 10.3 Å². The zero-order valence-electron chi connectivity index (χ0n) is 28.8. The first-order chi connectivity index (χ1) is 23.1. The van der Waals surface area contributed by atoms with E-state index in [9.17, 15) is 0 Å². The minimum absolute atomic E-state index is 0.513. The highest BCUT2D eigenvalue weighted by Crippen LogP contribution is 2.34. The van der Waals surface area contributed by atoms with Crippen molar-refractivity contribution in [3.63, 3.8) is 0 Å². The molecule has 0 spiro atoms. The summed E-state index contributed by atoms with van der Waals surface area (Å²) in [5.41, 5.74) is 8.92. The van der Waals surface area contributed by atoms with E-state index in [1.165, 1.54) is 92.7 Å². The van der Waals surface area contributed by atoms with Crippen LogP contribution in [0.15, 0.2) is 78.7 Å². The molecule has 1 heterocycles. The van der Waals surface area contributed by atoms with E-state index < -0.39 is 0 Å². The van der Waals surface area contributed by atoms with Crippen molar-refractivity contribution in [2.75, 3.05) is 13.7 Å². The summed E-state index contributed by atoms with van der Waals surface area (Å²) in [5, 5.41) is 1.94. The number of ether oxygens (including phenoxy) is 2. The molecule has 0 saturated carbocycles. The monoisotopic (exact) mass is 658 g/mol. The van der Waals surface area contributed by atoms with Gasteiger partial charge in [-0.05, 0) is 60.9 Å². The van der Waals surface area contributed by atoms with Crippen LogP contribution in [0.5, 0.6) is 11.5 Å². The molecule has 0 aliphatic heterocycles. The fourth-order valence-electron chi connectivity index (χ4n) is 6.28. The summed E-state index contributed by atoms with van der Waals surface area (Å²) in [6.45, 7) is 4.92. The summed E-state index contributed by atoms with van der Waals surface area (Å²) >= 11 is 6.15. The van der Waals surface area contributed by atoms with Crippen molar-refractivity contribution in [1.29, 1.82) is 0 Å². The van der Waals surface area contributed by atoms with E-state index in [1.807, 2.05) is 54.7 Å². The second-order valence-electron chi connectivity index (χ2n) is 12.6. The zero-order chi connectivity index (χ0) is 33.1. The lowest BCUT2D eigenvalue weighted by atomic mass is 9.96. The maximum Gasteiger partial charge on any atom is 0.127 e. The van der Waals surface area contributed by atoms with Crippen LogP contribution >= 0.6 is 11.6 Å². The average Bonchev–Trinajstić information content (AvgIpc) is 3.41. The quantitative estimate of drug-likeness (QED) is 0.0473. The molecule has 0 radical (unpaired) electrons. The maximum absolute atomic E-state index is 6.24. The minimum Gasteiger partial charge on any atom is -0.496 e. The van der Waals surface area contributed by atoms with Gasteiger partial charge in [-0.25, -0.2) is 0 Å². The van der Waals surface area contributed by atoms with E-state index >= 15 is 0 Å². The Morgan fingerprint density at radius 2 is 1.45 bits per heavy atom. The van der Waals surface area contributed by atoms with Gasteiger partial charge in [0.05, 0.1) is 19.9 Å². The Morgan fingerprint density at radius 1 is 0.787 bits per heavy atom. The van der Waals surface area contributed by atoms with Gasteiger partial charge < -0.3 is 14.5 Å². The Morgan fingerprint density at radius 3 is 2.11 bits per heavy atom. The van der Waals surface area contributed by atoms with E-state index in [1.54, 1.807) is 7.11 Å². The van der Waals surface area contributed by atoms with Crippen LogP contribution in [-0.4, -0.2) is 18.7 Å². The molecular formula is C41H55ClN2O3. The van der Waals surface area contributed by atoms with Crippen molar-refractivity contribution in [2.45, 2.75) is 110 Å². The van der Waals surface area contributed by atoms with Gasteiger partial charge in [0.25, 0.3) is 0 Å². The molecule has 0 saturated heterocycles. The third kappa shape index (κ3) is 12.3. The number of unbranched alkanes of at least 4 members (excludes halogenated alkanes) is 11. The zero-order valence-corrected chi connectivity index (χ0v) is 29.6. The molecule has 4 rings (SSSR count). The van der Waals surface area contributed by atoms with Crippen molar-refractivity contribution in [1.82, 2.24) is 10.5 Å². The summed E-state index contributed by atoms with van der Waals surface area (Å²) in [7, 11) is 1.73. The molecular weight excluding hydrogens is 604 g/mol. The second kappa shape index (κ2) is 20.7. The van der Waals surface area contributed by atoms with Gasteiger partial charge in [-0.1, -0.05) is 119 Å². The Labute approximate surface area is 288 Å². The lowest BCUT2D eigenvalue weighted by Gasteiger charge is -2.13. The third-order valence-electron chi connectivity index (χ3n) is 8.89. The van der Waals surface area contributed by atoms with Gasteiger partial charge in [0.15, 0.2) is 0 Å². The van der Waals surface area contributed by atoms with Crippen LogP contribution in [0, 0.1) is 6.92 Å². The highest BCUT2D eigenvalue weighted by molar-refractivity contribution is 6.30. The Hall–Kier alpha value is -3.41. The highest BCUT2D eigenvalue weighted by Gasteiger charge is 2.17. The number of hydroxylamine groups is 1. The first-order valence-corrected chi connectivity index (χ1v) is 18.2. The van der Waals surface area contributed by atoms with E-state index in [0.717, 1.165) is 59.2 Å². The lowest BCUT2D eigenvalue weighted by Crippen LogP contribution is -2.12. The minimum atomic E-state index is 0.513. The number of rotatable bonds is 23. The van der Waals surface area contributed by atoms with Gasteiger partial charge >= 0.3 is 0 Å². The molecule has 0 fully saturated rings. The summed E-state index contributed by atoms with van der Waals surface area (Å²) in [6, 6.07) is 22.2. The molecule has 254 valence electrons. The molecule has 0 unspecified atom stereocenters. The summed E-state index contributed by atoms with van der Waals surface area (Å²) in [4.78, 5) is 9.53.